The fourth-order valence-corrected chi connectivity index (χ4v) is 2.95. The monoisotopic (exact) mass is 288 g/mol. The van der Waals surface area contributed by atoms with Crippen molar-refractivity contribution in [3.8, 4) is 0 Å². The molecular weight excluding hydrogens is 260 g/mol. The van der Waals surface area contributed by atoms with E-state index in [4.69, 9.17) is 0 Å². The van der Waals surface area contributed by atoms with Crippen molar-refractivity contribution >= 4 is 5.91 Å². The molecule has 1 aromatic carbocycles. The quantitative estimate of drug-likeness (QED) is 0.834. The molecule has 1 aromatic rings. The van der Waals surface area contributed by atoms with Crippen LogP contribution in [-0.2, 0) is 17.9 Å². The summed E-state index contributed by atoms with van der Waals surface area (Å²) in [4.78, 5) is 14.5. The lowest BCUT2D eigenvalue weighted by molar-refractivity contribution is -0.125. The third-order valence-corrected chi connectivity index (χ3v) is 4.45. The number of likely N-dealkylation sites (tertiary alicyclic amines) is 1. The van der Waals surface area contributed by atoms with Gasteiger partial charge in [0, 0.05) is 19.0 Å². The first kappa shape index (κ1) is 16.0. The van der Waals surface area contributed by atoms with Crippen LogP contribution < -0.4 is 5.32 Å². The van der Waals surface area contributed by atoms with Crippen LogP contribution >= 0.6 is 0 Å². The van der Waals surface area contributed by atoms with Gasteiger partial charge in [0.15, 0.2) is 0 Å². The van der Waals surface area contributed by atoms with Crippen LogP contribution in [0.25, 0.3) is 0 Å². The molecular formula is C18H28N2O. The molecule has 0 aromatic heterocycles. The molecule has 0 radical (unpaired) electrons. The predicted octanol–water partition coefficient (Wildman–Crippen LogP) is 3.33. The van der Waals surface area contributed by atoms with E-state index >= 15 is 0 Å². The lowest BCUT2D eigenvalue weighted by Crippen LogP contribution is -2.29. The van der Waals surface area contributed by atoms with Gasteiger partial charge in [-0.2, -0.15) is 0 Å². The van der Waals surface area contributed by atoms with Crippen LogP contribution in [0.3, 0.4) is 0 Å². The summed E-state index contributed by atoms with van der Waals surface area (Å²) in [7, 11) is 0. The van der Waals surface area contributed by atoms with E-state index in [1.54, 1.807) is 0 Å². The van der Waals surface area contributed by atoms with Gasteiger partial charge in [0.1, 0.15) is 0 Å². The summed E-state index contributed by atoms with van der Waals surface area (Å²) in [6.45, 7) is 8.29. The van der Waals surface area contributed by atoms with Crippen molar-refractivity contribution in [2.45, 2.75) is 52.6 Å². The van der Waals surface area contributed by atoms with Gasteiger partial charge in [0.05, 0.1) is 0 Å². The summed E-state index contributed by atoms with van der Waals surface area (Å²) in [5, 5.41) is 3.04. The standard InChI is InChI=1S/C18H28N2O/c1-3-17(4-2)18(21)19-13-15-7-9-16(10-8-15)14-20-11-5-6-12-20/h7-10,17H,3-6,11-14H2,1-2H3,(H,19,21). The second-order valence-corrected chi connectivity index (χ2v) is 6.03. The molecule has 3 heteroatoms. The zero-order valence-electron chi connectivity index (χ0n) is 13.4. The Morgan fingerprint density at radius 1 is 1.10 bits per heavy atom. The Labute approximate surface area is 128 Å². The molecule has 2 rings (SSSR count). The number of benzene rings is 1. The lowest BCUT2D eigenvalue weighted by atomic mass is 10.0. The van der Waals surface area contributed by atoms with E-state index in [0.717, 1.165) is 19.4 Å². The number of hydrogen-bond acceptors (Lipinski definition) is 2. The van der Waals surface area contributed by atoms with E-state index in [1.807, 2.05) is 0 Å². The van der Waals surface area contributed by atoms with Gasteiger partial charge in [-0.15, -0.1) is 0 Å². The van der Waals surface area contributed by atoms with E-state index in [1.165, 1.54) is 37.1 Å². The summed E-state index contributed by atoms with van der Waals surface area (Å²) in [6, 6.07) is 8.66. The molecule has 0 spiro atoms. The van der Waals surface area contributed by atoms with Crippen molar-refractivity contribution in [1.82, 2.24) is 10.2 Å². The molecule has 0 bridgehead atoms. The van der Waals surface area contributed by atoms with Gasteiger partial charge in [0.2, 0.25) is 5.91 Å². The Morgan fingerprint density at radius 3 is 2.24 bits per heavy atom. The number of rotatable bonds is 7. The van der Waals surface area contributed by atoms with Crippen LogP contribution in [0.1, 0.15) is 50.7 Å². The molecule has 21 heavy (non-hydrogen) atoms. The normalized spacial score (nSPS) is 15.6. The maximum Gasteiger partial charge on any atom is 0.223 e. The lowest BCUT2D eigenvalue weighted by Gasteiger charge is -2.15. The molecule has 1 heterocycles. The molecule has 1 saturated heterocycles. The van der Waals surface area contributed by atoms with Gasteiger partial charge < -0.3 is 5.32 Å². The summed E-state index contributed by atoms with van der Waals surface area (Å²) in [5.74, 6) is 0.334. The molecule has 0 saturated carbocycles. The zero-order chi connectivity index (χ0) is 15.1. The molecule has 1 fully saturated rings. The van der Waals surface area contributed by atoms with Crippen molar-refractivity contribution in [3.63, 3.8) is 0 Å². The highest BCUT2D eigenvalue weighted by Gasteiger charge is 2.13. The molecule has 1 aliphatic rings. The molecule has 0 aliphatic carbocycles. The van der Waals surface area contributed by atoms with Gasteiger partial charge in [-0.1, -0.05) is 38.1 Å². The predicted molar refractivity (Wildman–Crippen MR) is 86.9 cm³/mol. The molecule has 116 valence electrons. The largest absolute Gasteiger partial charge is 0.352 e. The van der Waals surface area contributed by atoms with Crippen molar-refractivity contribution in [3.05, 3.63) is 35.4 Å². The number of carbonyl (C=O) groups excluding carboxylic acids is 1. The Hall–Kier alpha value is -1.35. The van der Waals surface area contributed by atoms with E-state index in [9.17, 15) is 4.79 Å². The average Bonchev–Trinajstić information content (AvgIpc) is 3.01. The number of hydrogen-bond donors (Lipinski definition) is 1. The first-order valence-electron chi connectivity index (χ1n) is 8.30. The van der Waals surface area contributed by atoms with Gasteiger partial charge >= 0.3 is 0 Å². The Kier molecular flexibility index (Phi) is 6.24. The van der Waals surface area contributed by atoms with Crippen molar-refractivity contribution in [1.29, 1.82) is 0 Å². The SMILES string of the molecule is CCC(CC)C(=O)NCc1ccc(CN2CCCC2)cc1. The minimum atomic E-state index is 0.152. The van der Waals surface area contributed by atoms with Crippen LogP contribution in [0, 0.1) is 5.92 Å². The van der Waals surface area contributed by atoms with Crippen LogP contribution in [0.4, 0.5) is 0 Å². The molecule has 3 nitrogen and oxygen atoms in total. The number of nitrogens with one attached hydrogen (secondary N) is 1. The molecule has 1 aliphatic heterocycles. The van der Waals surface area contributed by atoms with E-state index in [2.05, 4.69) is 48.3 Å². The van der Waals surface area contributed by atoms with Crippen LogP contribution in [0.2, 0.25) is 0 Å². The molecule has 0 atom stereocenters. The molecule has 1 N–H and O–H groups in total. The maximum absolute atomic E-state index is 12.0. The van der Waals surface area contributed by atoms with E-state index < -0.39 is 0 Å². The Morgan fingerprint density at radius 2 is 1.67 bits per heavy atom. The second kappa shape index (κ2) is 8.18. The van der Waals surface area contributed by atoms with Gasteiger partial charge in [-0.25, -0.2) is 0 Å². The molecule has 1 amide bonds. The van der Waals surface area contributed by atoms with Gasteiger partial charge in [-0.05, 0) is 49.9 Å². The minimum Gasteiger partial charge on any atom is -0.352 e. The van der Waals surface area contributed by atoms with Crippen molar-refractivity contribution < 1.29 is 4.79 Å². The Balaban J connectivity index is 1.80. The van der Waals surface area contributed by atoms with E-state index in [-0.39, 0.29) is 11.8 Å². The fourth-order valence-electron chi connectivity index (χ4n) is 2.95. The summed E-state index contributed by atoms with van der Waals surface area (Å²) in [5.41, 5.74) is 2.55. The number of amides is 1. The minimum absolute atomic E-state index is 0.152. The first-order chi connectivity index (χ1) is 10.2. The molecule has 0 unspecified atom stereocenters. The zero-order valence-corrected chi connectivity index (χ0v) is 13.4. The Bertz CT molecular complexity index is 431. The van der Waals surface area contributed by atoms with Gasteiger partial charge in [-0.3, -0.25) is 9.69 Å². The highest BCUT2D eigenvalue weighted by Crippen LogP contribution is 2.13. The van der Waals surface area contributed by atoms with Crippen LogP contribution in [-0.4, -0.2) is 23.9 Å². The average molecular weight is 288 g/mol. The first-order valence-corrected chi connectivity index (χ1v) is 8.30. The fraction of sp³-hybridized carbons (Fsp3) is 0.611. The smallest absolute Gasteiger partial charge is 0.223 e. The third-order valence-electron chi connectivity index (χ3n) is 4.45. The summed E-state index contributed by atoms with van der Waals surface area (Å²) < 4.78 is 0. The maximum atomic E-state index is 12.0. The highest BCUT2D eigenvalue weighted by atomic mass is 16.1. The number of carbonyl (C=O) groups is 1. The van der Waals surface area contributed by atoms with Crippen molar-refractivity contribution in [2.75, 3.05) is 13.1 Å². The number of nitrogens with zero attached hydrogens (tertiary/aromatic N) is 1. The summed E-state index contributed by atoms with van der Waals surface area (Å²) >= 11 is 0. The summed E-state index contributed by atoms with van der Waals surface area (Å²) in [6.07, 6.45) is 4.49. The van der Waals surface area contributed by atoms with Crippen LogP contribution in [0.15, 0.2) is 24.3 Å². The topological polar surface area (TPSA) is 32.3 Å². The van der Waals surface area contributed by atoms with Gasteiger partial charge in [0.25, 0.3) is 0 Å². The van der Waals surface area contributed by atoms with Crippen molar-refractivity contribution in [2.24, 2.45) is 5.92 Å². The highest BCUT2D eigenvalue weighted by molar-refractivity contribution is 5.78. The second-order valence-electron chi connectivity index (χ2n) is 6.03. The van der Waals surface area contributed by atoms with E-state index in [0.29, 0.717) is 6.54 Å². The van der Waals surface area contributed by atoms with Crippen LogP contribution in [0.5, 0.6) is 0 Å². The third kappa shape index (κ3) is 4.85.